The zero-order valence-corrected chi connectivity index (χ0v) is 11.5. The Morgan fingerprint density at radius 1 is 1.33 bits per heavy atom. The molecule has 0 aromatic heterocycles. The fraction of sp³-hybridized carbons (Fsp3) is 0.538. The van der Waals surface area contributed by atoms with E-state index in [0.29, 0.717) is 18.5 Å². The van der Waals surface area contributed by atoms with Gasteiger partial charge in [0, 0.05) is 18.4 Å². The molecule has 5 heteroatoms. The van der Waals surface area contributed by atoms with E-state index in [9.17, 15) is 8.78 Å². The highest BCUT2D eigenvalue weighted by molar-refractivity contribution is 8.00. The highest BCUT2D eigenvalue weighted by Gasteiger charge is 2.14. The van der Waals surface area contributed by atoms with Gasteiger partial charge >= 0.3 is 0 Å². The van der Waals surface area contributed by atoms with E-state index in [-0.39, 0.29) is 16.8 Å². The number of aliphatic hydroxyl groups excluding tert-OH is 1. The van der Waals surface area contributed by atoms with Crippen LogP contribution in [0, 0.1) is 11.6 Å². The molecule has 0 aliphatic carbocycles. The van der Waals surface area contributed by atoms with Crippen LogP contribution in [0.1, 0.15) is 25.8 Å². The van der Waals surface area contributed by atoms with Crippen LogP contribution >= 0.6 is 11.8 Å². The monoisotopic (exact) mass is 275 g/mol. The first-order valence-electron chi connectivity index (χ1n) is 6.04. The molecule has 102 valence electrons. The number of hydrogen-bond donors (Lipinski definition) is 2. The van der Waals surface area contributed by atoms with Gasteiger partial charge < -0.3 is 10.4 Å². The number of nitrogens with one attached hydrogen (secondary N) is 1. The third kappa shape index (κ3) is 4.55. The van der Waals surface area contributed by atoms with Crippen LogP contribution in [0.15, 0.2) is 17.0 Å². The van der Waals surface area contributed by atoms with Crippen molar-refractivity contribution in [2.75, 3.05) is 13.2 Å². The second-order valence-corrected chi connectivity index (χ2v) is 5.56. The maximum absolute atomic E-state index is 13.8. The van der Waals surface area contributed by atoms with E-state index in [4.69, 9.17) is 5.11 Å². The van der Waals surface area contributed by atoms with Crippen LogP contribution in [0.2, 0.25) is 0 Å². The minimum absolute atomic E-state index is 0.0152. The quantitative estimate of drug-likeness (QED) is 0.750. The number of benzene rings is 1. The van der Waals surface area contributed by atoms with Crippen molar-refractivity contribution in [3.63, 3.8) is 0 Å². The van der Waals surface area contributed by atoms with Crippen molar-refractivity contribution >= 4 is 11.8 Å². The normalized spacial score (nSPS) is 12.7. The van der Waals surface area contributed by atoms with E-state index in [1.54, 1.807) is 0 Å². The summed E-state index contributed by atoms with van der Waals surface area (Å²) >= 11 is 1.12. The average Bonchev–Trinajstić information content (AvgIpc) is 2.31. The average molecular weight is 275 g/mol. The Kier molecular flexibility index (Phi) is 6.60. The molecule has 2 N–H and O–H groups in total. The molecule has 1 aromatic carbocycles. The maximum atomic E-state index is 13.8. The molecule has 1 unspecified atom stereocenters. The Hall–Kier alpha value is -0.650. The van der Waals surface area contributed by atoms with E-state index in [0.717, 1.165) is 18.3 Å². The topological polar surface area (TPSA) is 32.3 Å². The van der Waals surface area contributed by atoms with Crippen molar-refractivity contribution in [3.05, 3.63) is 29.3 Å². The van der Waals surface area contributed by atoms with Gasteiger partial charge in [-0.1, -0.05) is 13.8 Å². The Balaban J connectivity index is 2.80. The third-order valence-electron chi connectivity index (χ3n) is 2.49. The van der Waals surface area contributed by atoms with Crippen molar-refractivity contribution in [2.45, 2.75) is 37.0 Å². The SMILES string of the molecule is CCNCc1cc(F)c(SC(C)CCO)c(F)c1. The van der Waals surface area contributed by atoms with Crippen LogP contribution in [0.5, 0.6) is 0 Å². The molecule has 0 spiro atoms. The first-order chi connectivity index (χ1) is 8.58. The van der Waals surface area contributed by atoms with Gasteiger partial charge in [-0.25, -0.2) is 8.78 Å². The van der Waals surface area contributed by atoms with Crippen molar-refractivity contribution < 1.29 is 13.9 Å². The van der Waals surface area contributed by atoms with Crippen LogP contribution in [0.25, 0.3) is 0 Å². The van der Waals surface area contributed by atoms with Gasteiger partial charge in [0.2, 0.25) is 0 Å². The Morgan fingerprint density at radius 2 is 1.94 bits per heavy atom. The van der Waals surface area contributed by atoms with Crippen LogP contribution in [-0.4, -0.2) is 23.5 Å². The maximum Gasteiger partial charge on any atom is 0.140 e. The molecule has 0 radical (unpaired) electrons. The summed E-state index contributed by atoms with van der Waals surface area (Å²) < 4.78 is 27.6. The largest absolute Gasteiger partial charge is 0.396 e. The fourth-order valence-electron chi connectivity index (χ4n) is 1.54. The van der Waals surface area contributed by atoms with Crippen LogP contribution < -0.4 is 5.32 Å². The van der Waals surface area contributed by atoms with Crippen molar-refractivity contribution in [3.8, 4) is 0 Å². The summed E-state index contributed by atoms with van der Waals surface area (Å²) in [6, 6.07) is 2.72. The molecule has 0 bridgehead atoms. The Morgan fingerprint density at radius 3 is 2.44 bits per heavy atom. The molecule has 0 fully saturated rings. The first kappa shape index (κ1) is 15.4. The molecule has 1 aromatic rings. The van der Waals surface area contributed by atoms with Gasteiger partial charge in [-0.05, 0) is 30.7 Å². The standard InChI is InChI=1S/C13H19F2NOS/c1-3-16-8-10-6-11(14)13(12(15)7-10)18-9(2)4-5-17/h6-7,9,16-17H,3-5,8H2,1-2H3. The molecule has 0 amide bonds. The Bertz CT molecular complexity index is 364. The van der Waals surface area contributed by atoms with Crippen molar-refractivity contribution in [1.82, 2.24) is 5.32 Å². The van der Waals surface area contributed by atoms with Gasteiger partial charge in [-0.3, -0.25) is 0 Å². The summed E-state index contributed by atoms with van der Waals surface area (Å²) in [7, 11) is 0. The first-order valence-corrected chi connectivity index (χ1v) is 6.92. The molecule has 0 aliphatic heterocycles. The second kappa shape index (κ2) is 7.71. The zero-order valence-electron chi connectivity index (χ0n) is 10.7. The summed E-state index contributed by atoms with van der Waals surface area (Å²) in [5.74, 6) is -1.06. The lowest BCUT2D eigenvalue weighted by Gasteiger charge is -2.12. The predicted molar refractivity (Wildman–Crippen MR) is 70.8 cm³/mol. The number of rotatable bonds is 7. The molecule has 0 saturated carbocycles. The van der Waals surface area contributed by atoms with E-state index in [2.05, 4.69) is 5.32 Å². The van der Waals surface area contributed by atoms with Crippen molar-refractivity contribution in [2.24, 2.45) is 0 Å². The number of hydrogen-bond acceptors (Lipinski definition) is 3. The minimum Gasteiger partial charge on any atom is -0.396 e. The lowest BCUT2D eigenvalue weighted by Crippen LogP contribution is -2.12. The molecule has 0 saturated heterocycles. The molecule has 1 rings (SSSR count). The van der Waals surface area contributed by atoms with Gasteiger partial charge in [0.25, 0.3) is 0 Å². The number of thioether (sulfide) groups is 1. The molecule has 18 heavy (non-hydrogen) atoms. The van der Waals surface area contributed by atoms with Crippen molar-refractivity contribution in [1.29, 1.82) is 0 Å². The van der Waals surface area contributed by atoms with Crippen LogP contribution in [0.3, 0.4) is 0 Å². The molecule has 0 aliphatic rings. The summed E-state index contributed by atoms with van der Waals surface area (Å²) in [5, 5.41) is 11.8. The minimum atomic E-state index is -0.530. The van der Waals surface area contributed by atoms with E-state index >= 15 is 0 Å². The van der Waals surface area contributed by atoms with E-state index < -0.39 is 11.6 Å². The van der Waals surface area contributed by atoms with E-state index in [1.807, 2.05) is 13.8 Å². The summed E-state index contributed by atoms with van der Waals surface area (Å²) in [4.78, 5) is 0.0381. The highest BCUT2D eigenvalue weighted by Crippen LogP contribution is 2.30. The fourth-order valence-corrected chi connectivity index (χ4v) is 2.51. The molecule has 1 atom stereocenters. The predicted octanol–water partition coefficient (Wildman–Crippen LogP) is 2.94. The Labute approximate surface area is 111 Å². The van der Waals surface area contributed by atoms with Gasteiger partial charge in [0.1, 0.15) is 11.6 Å². The summed E-state index contributed by atoms with van der Waals surface area (Å²) in [5.41, 5.74) is 0.603. The van der Waals surface area contributed by atoms with Gasteiger partial charge in [0.15, 0.2) is 0 Å². The lowest BCUT2D eigenvalue weighted by atomic mass is 10.2. The molecule has 2 nitrogen and oxygen atoms in total. The van der Waals surface area contributed by atoms with Gasteiger partial charge in [-0.2, -0.15) is 0 Å². The number of aliphatic hydroxyl groups is 1. The van der Waals surface area contributed by atoms with Crippen LogP contribution in [-0.2, 0) is 6.54 Å². The smallest absolute Gasteiger partial charge is 0.140 e. The molecular weight excluding hydrogens is 256 g/mol. The zero-order chi connectivity index (χ0) is 13.5. The van der Waals surface area contributed by atoms with Crippen LogP contribution in [0.4, 0.5) is 8.78 Å². The third-order valence-corrected chi connectivity index (χ3v) is 3.76. The highest BCUT2D eigenvalue weighted by atomic mass is 32.2. The van der Waals surface area contributed by atoms with Gasteiger partial charge in [0.05, 0.1) is 4.90 Å². The van der Waals surface area contributed by atoms with E-state index in [1.165, 1.54) is 12.1 Å². The molecular formula is C13H19F2NOS. The molecule has 0 heterocycles. The van der Waals surface area contributed by atoms with Gasteiger partial charge in [-0.15, -0.1) is 11.8 Å². The summed E-state index contributed by atoms with van der Waals surface area (Å²) in [6.45, 7) is 5.02. The number of halogens is 2. The summed E-state index contributed by atoms with van der Waals surface area (Å²) in [6.07, 6.45) is 0.517. The lowest BCUT2D eigenvalue weighted by molar-refractivity contribution is 0.289. The second-order valence-electron chi connectivity index (χ2n) is 4.11.